The first kappa shape index (κ1) is 17.7. The molecule has 0 aliphatic rings. The molecule has 0 radical (unpaired) electrons. The molecule has 0 aliphatic carbocycles. The van der Waals surface area contributed by atoms with Crippen LogP contribution in [-0.2, 0) is 14.3 Å². The molecule has 0 fully saturated rings. The van der Waals surface area contributed by atoms with Gasteiger partial charge in [-0.2, -0.15) is 0 Å². The van der Waals surface area contributed by atoms with Gasteiger partial charge in [-0.3, -0.25) is 0 Å². The van der Waals surface area contributed by atoms with E-state index in [0.717, 1.165) is 6.42 Å². The average molecular weight is 273 g/mol. The third-order valence-corrected chi connectivity index (χ3v) is 2.18. The molecule has 0 bridgehead atoms. The highest BCUT2D eigenvalue weighted by atomic mass is 16.6. The second kappa shape index (κ2) is 6.78. The Morgan fingerprint density at radius 1 is 1.11 bits per heavy atom. The Balaban J connectivity index is 4.04. The lowest BCUT2D eigenvalue weighted by Gasteiger charge is -2.22. The van der Waals surface area contributed by atoms with Crippen LogP contribution in [0.4, 0.5) is 4.79 Å². The highest BCUT2D eigenvalue weighted by Gasteiger charge is 2.22. The number of hydrogen-bond acceptors (Lipinski definition) is 4. The first-order valence-corrected chi connectivity index (χ1v) is 6.57. The number of amides is 1. The van der Waals surface area contributed by atoms with Crippen LogP contribution in [0, 0.1) is 5.41 Å². The lowest BCUT2D eigenvalue weighted by atomic mass is 9.93. The molecule has 0 aliphatic heterocycles. The van der Waals surface area contributed by atoms with Crippen LogP contribution in [0.3, 0.4) is 0 Å². The first-order chi connectivity index (χ1) is 8.41. The van der Waals surface area contributed by atoms with Crippen LogP contribution >= 0.6 is 0 Å². The molecule has 0 aromatic carbocycles. The minimum Gasteiger partial charge on any atom is -0.464 e. The van der Waals surface area contributed by atoms with Gasteiger partial charge < -0.3 is 14.8 Å². The Hall–Kier alpha value is -1.26. The zero-order chi connectivity index (χ0) is 15.3. The molecule has 5 heteroatoms. The maximum Gasteiger partial charge on any atom is 0.408 e. The van der Waals surface area contributed by atoms with Crippen molar-refractivity contribution >= 4 is 12.1 Å². The fraction of sp³-hybridized carbons (Fsp3) is 0.857. The number of rotatable bonds is 4. The monoisotopic (exact) mass is 273 g/mol. The molecule has 0 spiro atoms. The normalized spacial score (nSPS) is 13.6. The van der Waals surface area contributed by atoms with Gasteiger partial charge in [-0.05, 0) is 39.5 Å². The molecule has 1 amide bonds. The van der Waals surface area contributed by atoms with Crippen LogP contribution in [0.5, 0.6) is 0 Å². The number of alkyl carbamates (subject to hydrolysis) is 1. The number of ether oxygens (including phenoxy) is 2. The summed E-state index contributed by atoms with van der Waals surface area (Å²) in [7, 11) is 0. The van der Waals surface area contributed by atoms with Gasteiger partial charge in [0.05, 0.1) is 6.61 Å². The second-order valence-corrected chi connectivity index (χ2v) is 6.85. The molecule has 0 aromatic rings. The van der Waals surface area contributed by atoms with Crippen LogP contribution < -0.4 is 5.32 Å². The van der Waals surface area contributed by atoms with Crippen molar-refractivity contribution in [1.29, 1.82) is 0 Å². The van der Waals surface area contributed by atoms with Crippen LogP contribution in [0.1, 0.15) is 54.9 Å². The number of nitrogens with one attached hydrogen (secondary N) is 1. The second-order valence-electron chi connectivity index (χ2n) is 6.85. The van der Waals surface area contributed by atoms with E-state index in [0.29, 0.717) is 6.61 Å². The summed E-state index contributed by atoms with van der Waals surface area (Å²) in [6.07, 6.45) is 0.158. The van der Waals surface area contributed by atoms with Gasteiger partial charge in [0.1, 0.15) is 11.6 Å². The van der Waals surface area contributed by atoms with Crippen molar-refractivity contribution in [2.45, 2.75) is 66.5 Å². The first-order valence-electron chi connectivity index (χ1n) is 6.57. The third-order valence-electron chi connectivity index (χ3n) is 2.18. The summed E-state index contributed by atoms with van der Waals surface area (Å²) < 4.78 is 10.2. The van der Waals surface area contributed by atoms with Crippen LogP contribution in [0.25, 0.3) is 0 Å². The fourth-order valence-corrected chi connectivity index (χ4v) is 1.13. The summed E-state index contributed by atoms with van der Waals surface area (Å²) in [4.78, 5) is 23.1. The largest absolute Gasteiger partial charge is 0.464 e. The zero-order valence-electron chi connectivity index (χ0n) is 13.1. The molecular formula is C14H27NO4. The topological polar surface area (TPSA) is 64.6 Å². The van der Waals surface area contributed by atoms with E-state index in [1.807, 2.05) is 0 Å². The molecule has 0 aromatic heterocycles. The smallest absolute Gasteiger partial charge is 0.408 e. The van der Waals surface area contributed by atoms with Crippen molar-refractivity contribution in [3.8, 4) is 0 Å². The molecule has 1 unspecified atom stereocenters. The SMILES string of the molecule is CC(NC(=O)OC(C)(C)C)C(=O)OCCC(C)(C)C. The number of esters is 1. The van der Waals surface area contributed by atoms with E-state index in [4.69, 9.17) is 9.47 Å². The number of carbonyl (C=O) groups excluding carboxylic acids is 2. The quantitative estimate of drug-likeness (QED) is 0.800. The molecule has 0 saturated carbocycles. The molecule has 112 valence electrons. The molecule has 1 atom stereocenters. The van der Waals surface area contributed by atoms with Crippen molar-refractivity contribution in [3.63, 3.8) is 0 Å². The number of carbonyl (C=O) groups is 2. The highest BCUT2D eigenvalue weighted by Crippen LogP contribution is 2.18. The van der Waals surface area contributed by atoms with E-state index in [9.17, 15) is 9.59 Å². The van der Waals surface area contributed by atoms with Gasteiger partial charge in [0, 0.05) is 0 Å². The van der Waals surface area contributed by atoms with Gasteiger partial charge in [0.25, 0.3) is 0 Å². The Bertz CT molecular complexity index is 312. The molecule has 0 heterocycles. The van der Waals surface area contributed by atoms with Gasteiger partial charge in [-0.25, -0.2) is 9.59 Å². The van der Waals surface area contributed by atoms with Crippen molar-refractivity contribution in [2.75, 3.05) is 6.61 Å². The minimum absolute atomic E-state index is 0.113. The summed E-state index contributed by atoms with van der Waals surface area (Å²) in [5.41, 5.74) is -0.470. The standard InChI is InChI=1S/C14H27NO4/c1-10(15-12(17)19-14(5,6)7)11(16)18-9-8-13(2,3)4/h10H,8-9H2,1-7H3,(H,15,17). The minimum atomic E-state index is -0.713. The van der Waals surface area contributed by atoms with Crippen molar-refractivity contribution in [1.82, 2.24) is 5.32 Å². The predicted octanol–water partition coefficient (Wildman–Crippen LogP) is 2.88. The van der Waals surface area contributed by atoms with Gasteiger partial charge in [-0.1, -0.05) is 20.8 Å². The summed E-state index contributed by atoms with van der Waals surface area (Å²) in [5.74, 6) is -0.449. The predicted molar refractivity (Wildman–Crippen MR) is 73.9 cm³/mol. The van der Waals surface area contributed by atoms with E-state index in [1.54, 1.807) is 27.7 Å². The summed E-state index contributed by atoms with van der Waals surface area (Å²) in [6, 6.07) is -0.713. The van der Waals surface area contributed by atoms with Crippen LogP contribution in [-0.4, -0.2) is 30.3 Å². The third kappa shape index (κ3) is 10.4. The summed E-state index contributed by atoms with van der Waals surface area (Å²) >= 11 is 0. The number of hydrogen-bond donors (Lipinski definition) is 1. The van der Waals surface area contributed by atoms with Crippen molar-refractivity contribution in [2.24, 2.45) is 5.41 Å². The van der Waals surface area contributed by atoms with Crippen molar-refractivity contribution < 1.29 is 19.1 Å². The van der Waals surface area contributed by atoms with E-state index in [2.05, 4.69) is 26.1 Å². The van der Waals surface area contributed by atoms with Gasteiger partial charge in [-0.15, -0.1) is 0 Å². The Kier molecular flexibility index (Phi) is 6.33. The Morgan fingerprint density at radius 2 is 1.63 bits per heavy atom. The molecule has 0 rings (SSSR count). The molecule has 5 nitrogen and oxygen atoms in total. The lowest BCUT2D eigenvalue weighted by Crippen LogP contribution is -2.42. The van der Waals surface area contributed by atoms with Gasteiger partial charge in [0.15, 0.2) is 0 Å². The van der Waals surface area contributed by atoms with Gasteiger partial charge >= 0.3 is 12.1 Å². The maximum atomic E-state index is 11.6. The van der Waals surface area contributed by atoms with E-state index >= 15 is 0 Å². The Morgan fingerprint density at radius 3 is 2.05 bits per heavy atom. The molecule has 19 heavy (non-hydrogen) atoms. The summed E-state index contributed by atoms with van der Waals surface area (Å²) in [6.45, 7) is 13.4. The van der Waals surface area contributed by atoms with Crippen molar-refractivity contribution in [3.05, 3.63) is 0 Å². The molecule has 0 saturated heterocycles. The van der Waals surface area contributed by atoms with Crippen LogP contribution in [0.15, 0.2) is 0 Å². The van der Waals surface area contributed by atoms with E-state index in [1.165, 1.54) is 0 Å². The molecular weight excluding hydrogens is 246 g/mol. The van der Waals surface area contributed by atoms with E-state index < -0.39 is 23.7 Å². The highest BCUT2D eigenvalue weighted by molar-refractivity contribution is 5.80. The van der Waals surface area contributed by atoms with Gasteiger partial charge in [0.2, 0.25) is 0 Å². The Labute approximate surface area is 116 Å². The maximum absolute atomic E-state index is 11.6. The molecule has 1 N–H and O–H groups in total. The fourth-order valence-electron chi connectivity index (χ4n) is 1.13. The average Bonchev–Trinajstić information content (AvgIpc) is 2.11. The summed E-state index contributed by atoms with van der Waals surface area (Å²) in [5, 5.41) is 2.45. The zero-order valence-corrected chi connectivity index (χ0v) is 13.1. The lowest BCUT2D eigenvalue weighted by molar-refractivity contribution is -0.146. The van der Waals surface area contributed by atoms with E-state index in [-0.39, 0.29) is 5.41 Å². The van der Waals surface area contributed by atoms with Crippen LogP contribution in [0.2, 0.25) is 0 Å².